The average molecular weight is 286 g/mol. The van der Waals surface area contributed by atoms with Crippen LogP contribution in [0.15, 0.2) is 23.1 Å². The van der Waals surface area contributed by atoms with E-state index in [1.807, 2.05) is 26.0 Å². The summed E-state index contributed by atoms with van der Waals surface area (Å²) in [6.07, 6.45) is 2.23. The van der Waals surface area contributed by atoms with E-state index in [1.54, 1.807) is 11.8 Å². The average Bonchev–Trinajstić information content (AvgIpc) is 3.12. The van der Waals surface area contributed by atoms with Gasteiger partial charge in [-0.3, -0.25) is 0 Å². The second kappa shape index (κ2) is 6.29. The fraction of sp³-hybridized carbons (Fsp3) is 0.571. The summed E-state index contributed by atoms with van der Waals surface area (Å²) in [5.41, 5.74) is 1.16. The van der Waals surface area contributed by atoms with Gasteiger partial charge >= 0.3 is 0 Å². The molecule has 0 saturated heterocycles. The van der Waals surface area contributed by atoms with Gasteiger partial charge in [0.2, 0.25) is 0 Å². The van der Waals surface area contributed by atoms with Crippen LogP contribution in [0.3, 0.4) is 0 Å². The number of aliphatic hydroxyl groups is 1. The van der Waals surface area contributed by atoms with E-state index in [0.29, 0.717) is 6.04 Å². The third-order valence-electron chi connectivity index (χ3n) is 3.21. The second-order valence-electron chi connectivity index (χ2n) is 4.94. The number of hydrogen-bond donors (Lipinski definition) is 2. The Morgan fingerprint density at radius 1 is 1.44 bits per heavy atom. The highest BCUT2D eigenvalue weighted by Crippen LogP contribution is 2.33. The van der Waals surface area contributed by atoms with Gasteiger partial charge in [-0.1, -0.05) is 24.6 Å². The minimum Gasteiger partial charge on any atom is -0.392 e. The summed E-state index contributed by atoms with van der Waals surface area (Å²) >= 11 is 7.97. The Morgan fingerprint density at radius 2 is 2.17 bits per heavy atom. The smallest absolute Gasteiger partial charge is 0.0631 e. The largest absolute Gasteiger partial charge is 0.392 e. The molecule has 0 aromatic heterocycles. The highest BCUT2D eigenvalue weighted by molar-refractivity contribution is 8.00. The van der Waals surface area contributed by atoms with Crippen LogP contribution in [0.25, 0.3) is 0 Å². The monoisotopic (exact) mass is 285 g/mol. The van der Waals surface area contributed by atoms with Gasteiger partial charge in [-0.25, -0.2) is 0 Å². The summed E-state index contributed by atoms with van der Waals surface area (Å²) in [5, 5.41) is 14.1. The van der Waals surface area contributed by atoms with Gasteiger partial charge in [-0.15, -0.1) is 11.8 Å². The van der Waals surface area contributed by atoms with Gasteiger partial charge in [-0.05, 0) is 37.5 Å². The van der Waals surface area contributed by atoms with Crippen molar-refractivity contribution in [3.8, 4) is 0 Å². The zero-order valence-corrected chi connectivity index (χ0v) is 12.4. The first kappa shape index (κ1) is 14.2. The fourth-order valence-corrected chi connectivity index (χ4v) is 3.03. The van der Waals surface area contributed by atoms with Crippen molar-refractivity contribution in [2.75, 3.05) is 0 Å². The molecule has 2 unspecified atom stereocenters. The molecule has 0 amide bonds. The normalized spacial score (nSPS) is 18.7. The van der Waals surface area contributed by atoms with E-state index in [9.17, 15) is 5.11 Å². The van der Waals surface area contributed by atoms with E-state index in [-0.39, 0.29) is 11.4 Å². The Balaban J connectivity index is 2.08. The second-order valence-corrected chi connectivity index (χ2v) is 6.76. The zero-order valence-electron chi connectivity index (χ0n) is 10.8. The molecular formula is C14H20ClNOS. The van der Waals surface area contributed by atoms with Crippen LogP contribution in [0.1, 0.15) is 32.3 Å². The number of hydrogen-bond acceptors (Lipinski definition) is 3. The number of benzene rings is 1. The molecule has 1 fully saturated rings. The van der Waals surface area contributed by atoms with Gasteiger partial charge < -0.3 is 10.4 Å². The first-order chi connectivity index (χ1) is 8.58. The van der Waals surface area contributed by atoms with Gasteiger partial charge in [0.15, 0.2) is 0 Å². The van der Waals surface area contributed by atoms with Gasteiger partial charge in [0, 0.05) is 27.8 Å². The van der Waals surface area contributed by atoms with Crippen molar-refractivity contribution < 1.29 is 5.11 Å². The van der Waals surface area contributed by atoms with E-state index in [0.717, 1.165) is 17.1 Å². The predicted octanol–water partition coefficient (Wildman–Crippen LogP) is 3.45. The number of aliphatic hydroxyl groups excluding tert-OH is 1. The Morgan fingerprint density at radius 3 is 2.78 bits per heavy atom. The van der Waals surface area contributed by atoms with E-state index in [2.05, 4.69) is 11.4 Å². The molecule has 0 bridgehead atoms. The van der Waals surface area contributed by atoms with Crippen LogP contribution in [-0.4, -0.2) is 22.5 Å². The van der Waals surface area contributed by atoms with Gasteiger partial charge in [0.1, 0.15) is 0 Å². The van der Waals surface area contributed by atoms with Crippen LogP contribution < -0.4 is 5.32 Å². The van der Waals surface area contributed by atoms with E-state index < -0.39 is 0 Å². The Hall–Kier alpha value is -0.220. The van der Waals surface area contributed by atoms with E-state index in [1.165, 1.54) is 17.7 Å². The van der Waals surface area contributed by atoms with Gasteiger partial charge in [-0.2, -0.15) is 0 Å². The quantitative estimate of drug-likeness (QED) is 0.785. The first-order valence-electron chi connectivity index (χ1n) is 6.43. The molecule has 100 valence electrons. The van der Waals surface area contributed by atoms with Crippen LogP contribution in [0, 0.1) is 0 Å². The Kier molecular flexibility index (Phi) is 4.96. The topological polar surface area (TPSA) is 32.3 Å². The van der Waals surface area contributed by atoms with Gasteiger partial charge in [0.05, 0.1) is 6.10 Å². The predicted molar refractivity (Wildman–Crippen MR) is 78.3 cm³/mol. The standard InChI is InChI=1S/C14H20ClNOS/c1-9(17)10(2)18-14-5-3-4-13(15)12(14)8-16-11-6-7-11/h3-5,9-11,16-17H,6-8H2,1-2H3. The van der Waals surface area contributed by atoms with Crippen molar-refractivity contribution in [3.05, 3.63) is 28.8 Å². The summed E-state index contributed by atoms with van der Waals surface area (Å²) in [6.45, 7) is 4.68. The lowest BCUT2D eigenvalue weighted by Gasteiger charge is -2.17. The summed E-state index contributed by atoms with van der Waals surface area (Å²) in [4.78, 5) is 1.17. The van der Waals surface area contributed by atoms with Crippen LogP contribution in [-0.2, 0) is 6.54 Å². The Labute approximate surface area is 118 Å². The highest BCUT2D eigenvalue weighted by atomic mass is 35.5. The molecule has 2 atom stereocenters. The summed E-state index contributed by atoms with van der Waals surface area (Å²) in [5.74, 6) is 0. The molecule has 0 radical (unpaired) electrons. The lowest BCUT2D eigenvalue weighted by Crippen LogP contribution is -2.18. The molecule has 0 spiro atoms. The van der Waals surface area contributed by atoms with Crippen LogP contribution in [0.4, 0.5) is 0 Å². The summed E-state index contributed by atoms with van der Waals surface area (Å²) in [6, 6.07) is 6.66. The molecule has 1 aliphatic carbocycles. The Bertz CT molecular complexity index is 407. The molecule has 0 heterocycles. The molecule has 0 aliphatic heterocycles. The first-order valence-corrected chi connectivity index (χ1v) is 7.69. The number of rotatable bonds is 6. The molecule has 1 aliphatic rings. The minimum absolute atomic E-state index is 0.170. The highest BCUT2D eigenvalue weighted by Gasteiger charge is 2.21. The molecule has 1 aromatic rings. The molecular weight excluding hydrogens is 266 g/mol. The minimum atomic E-state index is -0.321. The van der Waals surface area contributed by atoms with Crippen molar-refractivity contribution in [1.82, 2.24) is 5.32 Å². The van der Waals surface area contributed by atoms with E-state index >= 15 is 0 Å². The number of thioether (sulfide) groups is 1. The van der Waals surface area contributed by atoms with Gasteiger partial charge in [0.25, 0.3) is 0 Å². The summed E-state index contributed by atoms with van der Waals surface area (Å²) in [7, 11) is 0. The molecule has 2 N–H and O–H groups in total. The lowest BCUT2D eigenvalue weighted by molar-refractivity contribution is 0.196. The molecule has 4 heteroatoms. The lowest BCUT2D eigenvalue weighted by atomic mass is 10.2. The van der Waals surface area contributed by atoms with Crippen molar-refractivity contribution in [1.29, 1.82) is 0 Å². The molecule has 1 aromatic carbocycles. The van der Waals surface area contributed by atoms with Crippen molar-refractivity contribution in [2.24, 2.45) is 0 Å². The van der Waals surface area contributed by atoms with E-state index in [4.69, 9.17) is 11.6 Å². The summed E-state index contributed by atoms with van der Waals surface area (Å²) < 4.78 is 0. The van der Waals surface area contributed by atoms with Crippen molar-refractivity contribution in [3.63, 3.8) is 0 Å². The van der Waals surface area contributed by atoms with Crippen molar-refractivity contribution in [2.45, 2.75) is 55.5 Å². The molecule has 18 heavy (non-hydrogen) atoms. The SMILES string of the molecule is CC(O)C(C)Sc1cccc(Cl)c1CNC1CC1. The maximum absolute atomic E-state index is 9.60. The molecule has 2 rings (SSSR count). The molecule has 2 nitrogen and oxygen atoms in total. The zero-order chi connectivity index (χ0) is 13.1. The van der Waals surface area contributed by atoms with Crippen LogP contribution >= 0.6 is 23.4 Å². The van der Waals surface area contributed by atoms with Crippen LogP contribution in [0.5, 0.6) is 0 Å². The molecule has 1 saturated carbocycles. The third kappa shape index (κ3) is 3.89. The number of nitrogens with one attached hydrogen (secondary N) is 1. The van der Waals surface area contributed by atoms with Crippen LogP contribution in [0.2, 0.25) is 5.02 Å². The number of halogens is 1. The maximum Gasteiger partial charge on any atom is 0.0631 e. The fourth-order valence-electron chi connectivity index (χ4n) is 1.65. The van der Waals surface area contributed by atoms with Crippen molar-refractivity contribution >= 4 is 23.4 Å². The third-order valence-corrected chi connectivity index (χ3v) is 4.97. The maximum atomic E-state index is 9.60.